The lowest BCUT2D eigenvalue weighted by molar-refractivity contribution is 0.108. The van der Waals surface area contributed by atoms with E-state index in [4.69, 9.17) is 13.9 Å². The molecule has 1 aliphatic rings. The van der Waals surface area contributed by atoms with Crippen LogP contribution in [0.1, 0.15) is 59.8 Å². The third-order valence-corrected chi connectivity index (χ3v) is 5.60. The van der Waals surface area contributed by atoms with Crippen LogP contribution in [0.3, 0.4) is 0 Å². The Bertz CT molecular complexity index is 888. The van der Waals surface area contributed by atoms with Crippen LogP contribution in [0, 0.1) is 11.7 Å². The summed E-state index contributed by atoms with van der Waals surface area (Å²) in [6.07, 6.45) is 9.70. The van der Waals surface area contributed by atoms with Gasteiger partial charge in [-0.3, -0.25) is 4.98 Å². The number of anilines is 2. The molecule has 1 aliphatic carbocycles. The zero-order chi connectivity index (χ0) is 24.5. The van der Waals surface area contributed by atoms with Crippen molar-refractivity contribution in [3.63, 3.8) is 0 Å². The van der Waals surface area contributed by atoms with Crippen LogP contribution in [-0.4, -0.2) is 16.6 Å². The van der Waals surface area contributed by atoms with E-state index in [1.807, 2.05) is 51.3 Å². The quantitative estimate of drug-likeness (QED) is 0.382. The molecule has 1 saturated carbocycles. The molecule has 2 heterocycles. The third kappa shape index (κ3) is 9.42. The summed E-state index contributed by atoms with van der Waals surface area (Å²) in [6, 6.07) is 8.81. The summed E-state index contributed by atoms with van der Waals surface area (Å²) in [5, 5.41) is 5.83. The molecule has 2 aromatic heterocycles. The highest BCUT2D eigenvalue weighted by atomic mass is 32.1. The van der Waals surface area contributed by atoms with Crippen LogP contribution in [0.5, 0.6) is 5.75 Å². The minimum Gasteiger partial charge on any atom is -0.490 e. The van der Waals surface area contributed by atoms with Crippen molar-refractivity contribution in [1.82, 2.24) is 9.97 Å². The van der Waals surface area contributed by atoms with E-state index in [1.165, 1.54) is 49.5 Å². The first-order chi connectivity index (χ1) is 16.3. The van der Waals surface area contributed by atoms with Crippen molar-refractivity contribution >= 4 is 22.2 Å². The summed E-state index contributed by atoms with van der Waals surface area (Å²) in [5.74, 6) is 0.526. The molecule has 3 aromatic rings. The van der Waals surface area contributed by atoms with E-state index in [0.717, 1.165) is 11.3 Å². The van der Waals surface area contributed by atoms with E-state index in [-0.39, 0.29) is 5.82 Å². The molecule has 1 fully saturated rings. The minimum absolute atomic E-state index is 0.321. The molecule has 0 spiro atoms. The second-order valence-electron chi connectivity index (χ2n) is 6.86. The number of thiazole rings is 1. The minimum atomic E-state index is -0.347. The maximum Gasteiger partial charge on any atom is 0.187 e. The zero-order valence-electron chi connectivity index (χ0n) is 19.8. The van der Waals surface area contributed by atoms with Crippen molar-refractivity contribution in [2.24, 2.45) is 5.92 Å². The van der Waals surface area contributed by atoms with Crippen molar-refractivity contribution in [2.75, 3.05) is 11.9 Å². The monoisotopic (exact) mass is 481 g/mol. The average Bonchev–Trinajstić information content (AvgIpc) is 3.37. The van der Waals surface area contributed by atoms with Gasteiger partial charge >= 0.3 is 0 Å². The lowest BCUT2D eigenvalue weighted by atomic mass is 9.90. The molecule has 1 N–H and O–H groups in total. The fraction of sp³-hybridized carbons (Fsp3) is 0.440. The lowest BCUT2D eigenvalue weighted by Crippen LogP contribution is -2.15. The molecule has 4 rings (SSSR count). The van der Waals surface area contributed by atoms with Gasteiger partial charge in [0.05, 0.1) is 12.3 Å². The first-order valence-corrected chi connectivity index (χ1v) is 12.4. The number of hydrogen-bond donors (Lipinski definition) is 1. The molecule has 0 aliphatic heterocycles. The van der Waals surface area contributed by atoms with E-state index in [1.54, 1.807) is 18.5 Å². The molecule has 33 heavy (non-hydrogen) atoms. The number of benzene rings is 1. The lowest BCUT2D eigenvalue weighted by Gasteiger charge is -2.21. The highest BCUT2D eigenvalue weighted by Gasteiger charge is 2.15. The molecule has 182 valence electrons. The van der Waals surface area contributed by atoms with Crippen molar-refractivity contribution in [1.29, 1.82) is 0 Å². The van der Waals surface area contributed by atoms with E-state index < -0.39 is 0 Å². The number of aromatic nitrogens is 2. The van der Waals surface area contributed by atoms with E-state index in [2.05, 4.69) is 15.3 Å². The Hall–Kier alpha value is -2.61. The molecule has 0 atom stereocenters. The summed E-state index contributed by atoms with van der Waals surface area (Å²) in [7, 11) is 0. The van der Waals surface area contributed by atoms with E-state index >= 15 is 0 Å². The van der Waals surface area contributed by atoms with Gasteiger partial charge in [-0.05, 0) is 43.0 Å². The predicted octanol–water partition coefficient (Wildman–Crippen LogP) is 8.94. The van der Waals surface area contributed by atoms with Crippen molar-refractivity contribution < 1.29 is 18.3 Å². The Kier molecular flexibility index (Phi) is 14.6. The number of pyridine rings is 1. The van der Waals surface area contributed by atoms with Crippen molar-refractivity contribution in [2.45, 2.75) is 59.8 Å². The third-order valence-electron chi connectivity index (χ3n) is 4.84. The molecule has 0 amide bonds. The normalized spacial score (nSPS) is 12.7. The van der Waals surface area contributed by atoms with Gasteiger partial charge in [-0.25, -0.2) is 9.37 Å². The van der Waals surface area contributed by atoms with Gasteiger partial charge in [0.15, 0.2) is 16.7 Å². The highest BCUT2D eigenvalue weighted by Crippen LogP contribution is 2.30. The molecular formula is C25H34F3N3OS. The molecule has 1 aromatic carbocycles. The Labute approximate surface area is 199 Å². The molecule has 8 heteroatoms. The molecule has 0 saturated heterocycles. The summed E-state index contributed by atoms with van der Waals surface area (Å²) in [6.45, 7) is 8.60. The Morgan fingerprint density at radius 1 is 1.06 bits per heavy atom. The van der Waals surface area contributed by atoms with Gasteiger partial charge in [0.25, 0.3) is 0 Å². The zero-order valence-corrected chi connectivity index (χ0v) is 20.6. The first kappa shape index (κ1) is 28.4. The van der Waals surface area contributed by atoms with Gasteiger partial charge in [0.2, 0.25) is 0 Å². The maximum atomic E-state index is 14.4. The molecule has 4 nitrogen and oxygen atoms in total. The smallest absolute Gasteiger partial charge is 0.187 e. The number of nitrogens with one attached hydrogen (secondary N) is 1. The molecular weight excluding hydrogens is 447 g/mol. The Morgan fingerprint density at radius 3 is 2.42 bits per heavy atom. The van der Waals surface area contributed by atoms with Gasteiger partial charge in [-0.15, -0.1) is 11.3 Å². The SMILES string of the molecule is CC.CC.FF.Fc1cc(Nc2nc(-c3cccnc3)cs2)ccc1OCC1CCCCC1. The largest absolute Gasteiger partial charge is 0.490 e. The van der Waals surface area contributed by atoms with Crippen LogP contribution in [0.15, 0.2) is 48.1 Å². The number of halogens is 3. The van der Waals surface area contributed by atoms with Crippen molar-refractivity contribution in [3.05, 3.63) is 53.9 Å². The average molecular weight is 482 g/mol. The fourth-order valence-electron chi connectivity index (χ4n) is 3.36. The maximum absolute atomic E-state index is 14.4. The predicted molar refractivity (Wildman–Crippen MR) is 132 cm³/mol. The number of rotatable bonds is 6. The second-order valence-corrected chi connectivity index (χ2v) is 7.72. The van der Waals surface area contributed by atoms with E-state index in [9.17, 15) is 4.39 Å². The second kappa shape index (κ2) is 16.9. The van der Waals surface area contributed by atoms with Gasteiger partial charge in [-0.2, -0.15) is 0 Å². The molecule has 0 bridgehead atoms. The van der Waals surface area contributed by atoms with Gasteiger partial charge < -0.3 is 10.1 Å². The summed E-state index contributed by atoms with van der Waals surface area (Å²) in [5.41, 5.74) is 2.47. The summed E-state index contributed by atoms with van der Waals surface area (Å²) in [4.78, 5) is 8.65. The molecule has 0 radical (unpaired) electrons. The topological polar surface area (TPSA) is 47.0 Å². The standard InChI is InChI=1S/C21H22FN3OS.2C2H6.F2/c22-18-11-17(8-9-20(18)26-13-15-5-2-1-3-6-15)24-21-25-19(14-27-21)16-7-4-10-23-12-16;3*1-2/h4,7-12,14-15H,1-3,5-6,13H2,(H,24,25);2*1-2H3;. The summed E-state index contributed by atoms with van der Waals surface area (Å²) >= 11 is 1.47. The molecule has 0 unspecified atom stereocenters. The highest BCUT2D eigenvalue weighted by molar-refractivity contribution is 7.14. The van der Waals surface area contributed by atoms with Gasteiger partial charge in [-0.1, -0.05) is 47.0 Å². The van der Waals surface area contributed by atoms with E-state index in [0.29, 0.717) is 29.1 Å². The number of ether oxygens (including phenoxy) is 1. The van der Waals surface area contributed by atoms with Gasteiger partial charge in [0.1, 0.15) is 0 Å². The van der Waals surface area contributed by atoms with Crippen LogP contribution in [0.2, 0.25) is 0 Å². The number of nitrogens with zero attached hydrogens (tertiary/aromatic N) is 2. The Balaban J connectivity index is 0.000000841. The van der Waals surface area contributed by atoms with Crippen LogP contribution in [0.4, 0.5) is 24.4 Å². The van der Waals surface area contributed by atoms with Crippen LogP contribution in [-0.2, 0) is 0 Å². The van der Waals surface area contributed by atoms with Crippen molar-refractivity contribution in [3.8, 4) is 17.0 Å². The van der Waals surface area contributed by atoms with Crippen LogP contribution in [0.25, 0.3) is 11.3 Å². The number of hydrogen-bond acceptors (Lipinski definition) is 5. The van der Waals surface area contributed by atoms with Crippen LogP contribution < -0.4 is 10.1 Å². The Morgan fingerprint density at radius 2 is 1.79 bits per heavy atom. The van der Waals surface area contributed by atoms with Crippen LogP contribution >= 0.6 is 11.3 Å². The first-order valence-electron chi connectivity index (χ1n) is 11.5. The van der Waals surface area contributed by atoms with Gasteiger partial charge in [0, 0.05) is 44.2 Å². The fourth-order valence-corrected chi connectivity index (χ4v) is 4.10. The summed E-state index contributed by atoms with van der Waals surface area (Å²) < 4.78 is 36.1.